The van der Waals surface area contributed by atoms with E-state index < -0.39 is 0 Å². The van der Waals surface area contributed by atoms with Gasteiger partial charge in [-0.2, -0.15) is 0 Å². The number of nitrogens with zero attached hydrogens (tertiary/aromatic N) is 1. The van der Waals surface area contributed by atoms with Crippen molar-refractivity contribution in [1.29, 1.82) is 0 Å². The molecule has 0 saturated heterocycles. The van der Waals surface area contributed by atoms with Gasteiger partial charge < -0.3 is 11.1 Å². The van der Waals surface area contributed by atoms with Gasteiger partial charge in [0.1, 0.15) is 0 Å². The molecule has 1 heterocycles. The zero-order chi connectivity index (χ0) is 13.5. The number of nitrogens with two attached hydrogens (primary N) is 1. The van der Waals surface area contributed by atoms with Gasteiger partial charge in [-0.3, -0.25) is 0 Å². The highest BCUT2D eigenvalue weighted by atomic mass is 32.1. The Morgan fingerprint density at radius 3 is 2.79 bits per heavy atom. The van der Waals surface area contributed by atoms with Gasteiger partial charge in [-0.25, -0.2) is 4.98 Å². The van der Waals surface area contributed by atoms with Crippen LogP contribution in [0.2, 0.25) is 0 Å². The molecule has 0 amide bonds. The predicted molar refractivity (Wildman–Crippen MR) is 81.2 cm³/mol. The number of hydrogen-bond donors (Lipinski definition) is 2. The fraction of sp³-hybridized carbons (Fsp3) is 0.400. The molecule has 4 heteroatoms. The maximum absolute atomic E-state index is 6.26. The van der Waals surface area contributed by atoms with Crippen LogP contribution in [-0.4, -0.2) is 18.1 Å². The summed E-state index contributed by atoms with van der Waals surface area (Å²) in [4.78, 5) is 4.27. The molecule has 2 atom stereocenters. The van der Waals surface area contributed by atoms with Crippen LogP contribution in [0.25, 0.3) is 0 Å². The second-order valence-electron chi connectivity index (χ2n) is 4.85. The second-order valence-corrected chi connectivity index (χ2v) is 5.57. The molecule has 0 saturated carbocycles. The van der Waals surface area contributed by atoms with E-state index in [1.54, 1.807) is 11.3 Å². The smallest absolute Gasteiger partial charge is 0.0794 e. The van der Waals surface area contributed by atoms with E-state index in [2.05, 4.69) is 34.7 Å². The third-order valence-corrected chi connectivity index (χ3v) is 3.94. The van der Waals surface area contributed by atoms with Gasteiger partial charge in [0.15, 0.2) is 0 Å². The number of hydrogen-bond acceptors (Lipinski definition) is 4. The number of aromatic nitrogens is 1. The van der Waals surface area contributed by atoms with Gasteiger partial charge in [-0.05, 0) is 18.0 Å². The first-order chi connectivity index (χ1) is 9.27. The molecule has 1 aromatic heterocycles. The number of thiazole rings is 1. The minimum atomic E-state index is 0.0907. The Morgan fingerprint density at radius 1 is 1.32 bits per heavy atom. The van der Waals surface area contributed by atoms with E-state index in [1.807, 2.05) is 23.7 Å². The fourth-order valence-corrected chi connectivity index (χ4v) is 2.63. The van der Waals surface area contributed by atoms with Crippen LogP contribution in [0.5, 0.6) is 0 Å². The highest BCUT2D eigenvalue weighted by Crippen LogP contribution is 2.18. The van der Waals surface area contributed by atoms with Gasteiger partial charge in [0.25, 0.3) is 0 Å². The third kappa shape index (κ3) is 4.42. The van der Waals surface area contributed by atoms with Crippen LogP contribution in [0.4, 0.5) is 0 Å². The Morgan fingerprint density at radius 2 is 2.11 bits per heavy atom. The molecule has 0 aliphatic rings. The summed E-state index contributed by atoms with van der Waals surface area (Å²) < 4.78 is 0. The lowest BCUT2D eigenvalue weighted by Gasteiger charge is -2.20. The Labute approximate surface area is 118 Å². The molecule has 1 aromatic carbocycles. The molecule has 0 aliphatic heterocycles. The van der Waals surface area contributed by atoms with Gasteiger partial charge in [0.2, 0.25) is 0 Å². The van der Waals surface area contributed by atoms with E-state index in [0.717, 1.165) is 25.2 Å². The van der Waals surface area contributed by atoms with Crippen molar-refractivity contribution in [2.75, 3.05) is 13.1 Å². The van der Waals surface area contributed by atoms with Crippen molar-refractivity contribution < 1.29 is 0 Å². The lowest BCUT2D eigenvalue weighted by Crippen LogP contribution is -2.30. The zero-order valence-electron chi connectivity index (χ0n) is 11.3. The largest absolute Gasteiger partial charge is 0.324 e. The van der Waals surface area contributed by atoms with Gasteiger partial charge in [-0.15, -0.1) is 11.3 Å². The van der Waals surface area contributed by atoms with Gasteiger partial charge >= 0.3 is 0 Å². The molecule has 2 rings (SSSR count). The van der Waals surface area contributed by atoms with E-state index in [9.17, 15) is 0 Å². The van der Waals surface area contributed by atoms with Crippen molar-refractivity contribution in [3.8, 4) is 0 Å². The average Bonchev–Trinajstić information content (AvgIpc) is 2.96. The predicted octanol–water partition coefficient (Wildman–Crippen LogP) is 2.61. The number of rotatable bonds is 7. The summed E-state index contributed by atoms with van der Waals surface area (Å²) >= 11 is 1.65. The Bertz CT molecular complexity index is 456. The molecule has 2 aromatic rings. The Kier molecular flexibility index (Phi) is 5.51. The summed E-state index contributed by atoms with van der Waals surface area (Å²) in [6.07, 6.45) is 0.983. The molecule has 3 N–H and O–H groups in total. The van der Waals surface area contributed by atoms with E-state index in [1.165, 1.54) is 5.56 Å². The first-order valence-corrected chi connectivity index (χ1v) is 7.60. The Hall–Kier alpha value is -1.23. The lowest BCUT2D eigenvalue weighted by molar-refractivity contribution is 0.436. The van der Waals surface area contributed by atoms with Crippen LogP contribution in [0.1, 0.15) is 24.2 Å². The van der Waals surface area contributed by atoms with Crippen molar-refractivity contribution in [3.63, 3.8) is 0 Å². The molecule has 0 bridgehead atoms. The van der Waals surface area contributed by atoms with Crippen molar-refractivity contribution in [2.45, 2.75) is 19.4 Å². The SMILES string of the molecule is CC(CNCCc1cscn1)C(N)c1ccccc1. The first kappa shape index (κ1) is 14.2. The molecule has 2 unspecified atom stereocenters. The number of nitrogens with one attached hydrogen (secondary N) is 1. The summed E-state index contributed by atoms with van der Waals surface area (Å²) in [5.74, 6) is 0.415. The van der Waals surface area contributed by atoms with E-state index in [0.29, 0.717) is 5.92 Å². The standard InChI is InChI=1S/C15H21N3S/c1-12(15(16)13-5-3-2-4-6-13)9-17-8-7-14-10-19-11-18-14/h2-6,10-12,15,17H,7-9,16H2,1H3. The van der Waals surface area contributed by atoms with Crippen LogP contribution in [0.15, 0.2) is 41.2 Å². The average molecular weight is 275 g/mol. The lowest BCUT2D eigenvalue weighted by atomic mass is 9.95. The topological polar surface area (TPSA) is 50.9 Å². The van der Waals surface area contributed by atoms with E-state index in [-0.39, 0.29) is 6.04 Å². The zero-order valence-corrected chi connectivity index (χ0v) is 12.1. The minimum Gasteiger partial charge on any atom is -0.324 e. The summed E-state index contributed by atoms with van der Waals surface area (Å²) in [7, 11) is 0. The first-order valence-electron chi connectivity index (χ1n) is 6.65. The summed E-state index contributed by atoms with van der Waals surface area (Å²) in [5, 5.41) is 5.56. The normalized spacial score (nSPS) is 14.2. The van der Waals surface area contributed by atoms with Crippen LogP contribution >= 0.6 is 11.3 Å². The summed E-state index contributed by atoms with van der Waals surface area (Å²) in [6.45, 7) is 4.07. The quantitative estimate of drug-likeness (QED) is 0.764. The molecule has 102 valence electrons. The molecular weight excluding hydrogens is 254 g/mol. The molecule has 3 nitrogen and oxygen atoms in total. The van der Waals surface area contributed by atoms with Gasteiger partial charge in [0.05, 0.1) is 11.2 Å². The Balaban J connectivity index is 1.70. The second kappa shape index (κ2) is 7.38. The van der Waals surface area contributed by atoms with Crippen LogP contribution < -0.4 is 11.1 Å². The fourth-order valence-electron chi connectivity index (χ4n) is 2.04. The van der Waals surface area contributed by atoms with E-state index in [4.69, 9.17) is 5.73 Å². The third-order valence-electron chi connectivity index (χ3n) is 3.31. The highest BCUT2D eigenvalue weighted by Gasteiger charge is 2.13. The van der Waals surface area contributed by atoms with Crippen molar-refractivity contribution >= 4 is 11.3 Å². The highest BCUT2D eigenvalue weighted by molar-refractivity contribution is 7.07. The van der Waals surface area contributed by atoms with Gasteiger partial charge in [0, 0.05) is 24.4 Å². The van der Waals surface area contributed by atoms with Crippen LogP contribution in [-0.2, 0) is 6.42 Å². The maximum Gasteiger partial charge on any atom is 0.0794 e. The van der Waals surface area contributed by atoms with Crippen LogP contribution in [0.3, 0.4) is 0 Å². The summed E-state index contributed by atoms with van der Waals surface area (Å²) in [5.41, 5.74) is 10.5. The molecule has 0 radical (unpaired) electrons. The maximum atomic E-state index is 6.26. The molecule has 0 fully saturated rings. The van der Waals surface area contributed by atoms with Crippen LogP contribution in [0, 0.1) is 5.92 Å². The van der Waals surface area contributed by atoms with E-state index >= 15 is 0 Å². The van der Waals surface area contributed by atoms with Crippen molar-refractivity contribution in [3.05, 3.63) is 52.5 Å². The molecule has 0 spiro atoms. The van der Waals surface area contributed by atoms with Gasteiger partial charge in [-0.1, -0.05) is 37.3 Å². The number of benzene rings is 1. The molecule has 0 aliphatic carbocycles. The molecular formula is C15H21N3S. The summed E-state index contributed by atoms with van der Waals surface area (Å²) in [6, 6.07) is 10.4. The minimum absolute atomic E-state index is 0.0907. The van der Waals surface area contributed by atoms with Crippen molar-refractivity contribution in [2.24, 2.45) is 11.7 Å². The van der Waals surface area contributed by atoms with Crippen molar-refractivity contribution in [1.82, 2.24) is 10.3 Å². The monoisotopic (exact) mass is 275 g/mol. The molecule has 19 heavy (non-hydrogen) atoms.